The number of nitrogens with two attached hydrogens (primary N) is 1. The van der Waals surface area contributed by atoms with Crippen LogP contribution in [-0.2, 0) is 16.1 Å². The third-order valence-electron chi connectivity index (χ3n) is 4.66. The van der Waals surface area contributed by atoms with Crippen molar-refractivity contribution in [1.29, 1.82) is 0 Å². The molecule has 0 aromatic carbocycles. The first-order valence-corrected chi connectivity index (χ1v) is 10.3. The van der Waals surface area contributed by atoms with Gasteiger partial charge in [0.15, 0.2) is 0 Å². The lowest BCUT2D eigenvalue weighted by molar-refractivity contribution is -0.180. The van der Waals surface area contributed by atoms with Crippen molar-refractivity contribution in [2.75, 3.05) is 26.2 Å². The lowest BCUT2D eigenvalue weighted by Crippen LogP contribution is -2.50. The molecule has 0 radical (unpaired) electrons. The van der Waals surface area contributed by atoms with Crippen molar-refractivity contribution in [2.45, 2.75) is 33.1 Å². The summed E-state index contributed by atoms with van der Waals surface area (Å²) < 4.78 is 0. The molecule has 0 bridgehead atoms. The molecule has 0 aliphatic carbocycles. The number of rotatable bonds is 7. The van der Waals surface area contributed by atoms with Gasteiger partial charge in [-0.3, -0.25) is 9.63 Å². The molecule has 3 N–H and O–H groups in total. The number of fused-ring (bicyclic) bond motifs is 1. The van der Waals surface area contributed by atoms with Crippen molar-refractivity contribution < 1.29 is 19.5 Å². The second-order valence-corrected chi connectivity index (χ2v) is 8.16. The first-order valence-electron chi connectivity index (χ1n) is 9.50. The Bertz CT molecular complexity index is 805. The number of hydrogen-bond donors (Lipinski definition) is 2. The summed E-state index contributed by atoms with van der Waals surface area (Å²) in [6.45, 7) is 5.90. The highest BCUT2D eigenvalue weighted by Crippen LogP contribution is 2.36. The maximum Gasteiger partial charge on any atom is 0.407 e. The maximum atomic E-state index is 12.9. The first-order chi connectivity index (χ1) is 13.4. The second-order valence-electron chi connectivity index (χ2n) is 6.99. The largest absolute Gasteiger partial charge is 0.465 e. The van der Waals surface area contributed by atoms with Gasteiger partial charge in [-0.1, -0.05) is 6.92 Å². The molecule has 0 saturated carbocycles. The average molecular weight is 407 g/mol. The van der Waals surface area contributed by atoms with E-state index in [1.54, 1.807) is 11.3 Å². The van der Waals surface area contributed by atoms with E-state index in [2.05, 4.69) is 4.99 Å². The Kier molecular flexibility index (Phi) is 6.35. The van der Waals surface area contributed by atoms with E-state index in [1.165, 1.54) is 9.96 Å². The summed E-state index contributed by atoms with van der Waals surface area (Å²) in [6, 6.07) is 1.99. The smallest absolute Gasteiger partial charge is 0.407 e. The molecule has 3 rings (SSSR count). The number of carbonyl (C=O) groups excluding carboxylic acids is 1. The number of carboxylic acid groups (broad SMARTS) is 1. The number of aliphatic imine (C=N–C) groups is 1. The van der Waals surface area contributed by atoms with E-state index in [0.29, 0.717) is 50.0 Å². The minimum Gasteiger partial charge on any atom is -0.465 e. The quantitative estimate of drug-likeness (QED) is 0.677. The molecular formula is C19H26N4O4S. The van der Waals surface area contributed by atoms with Gasteiger partial charge in [0.1, 0.15) is 5.84 Å². The maximum absolute atomic E-state index is 12.9. The van der Waals surface area contributed by atoms with Crippen LogP contribution in [0.4, 0.5) is 10.5 Å². The predicted molar refractivity (Wildman–Crippen MR) is 109 cm³/mol. The van der Waals surface area contributed by atoms with Crippen LogP contribution in [0.15, 0.2) is 16.6 Å². The summed E-state index contributed by atoms with van der Waals surface area (Å²) in [5.74, 6) is 0.542. The molecule has 9 heteroatoms. The molecule has 2 amide bonds. The SMILES string of the molecule is CCCN(OCC)C(=O)C1=Cc2sc(CC3CN(C(=O)O)C3)cc2N=C(N)C1. The van der Waals surface area contributed by atoms with Gasteiger partial charge in [-0.15, -0.1) is 11.3 Å². The van der Waals surface area contributed by atoms with Crippen LogP contribution in [0.2, 0.25) is 0 Å². The van der Waals surface area contributed by atoms with Crippen molar-refractivity contribution >= 4 is 40.9 Å². The summed E-state index contributed by atoms with van der Waals surface area (Å²) >= 11 is 1.58. The summed E-state index contributed by atoms with van der Waals surface area (Å²) in [5.41, 5.74) is 7.39. The fraction of sp³-hybridized carbons (Fsp3) is 0.526. The van der Waals surface area contributed by atoms with Crippen LogP contribution >= 0.6 is 11.3 Å². The van der Waals surface area contributed by atoms with Crippen LogP contribution < -0.4 is 5.73 Å². The minimum atomic E-state index is -0.868. The summed E-state index contributed by atoms with van der Waals surface area (Å²) in [4.78, 5) is 37.2. The number of carbonyl (C=O) groups is 2. The predicted octanol–water partition coefficient (Wildman–Crippen LogP) is 2.87. The monoisotopic (exact) mass is 406 g/mol. The highest BCUT2D eigenvalue weighted by Gasteiger charge is 2.31. The number of nitrogens with zero attached hydrogens (tertiary/aromatic N) is 3. The van der Waals surface area contributed by atoms with Crippen LogP contribution in [0.3, 0.4) is 0 Å². The summed E-state index contributed by atoms with van der Waals surface area (Å²) in [6.07, 6.45) is 2.88. The van der Waals surface area contributed by atoms with Gasteiger partial charge >= 0.3 is 6.09 Å². The fourth-order valence-electron chi connectivity index (χ4n) is 3.36. The van der Waals surface area contributed by atoms with Crippen LogP contribution in [-0.4, -0.2) is 59.1 Å². The molecule has 2 aliphatic heterocycles. The Morgan fingerprint density at radius 1 is 1.43 bits per heavy atom. The van der Waals surface area contributed by atoms with Crippen LogP contribution in [0.1, 0.15) is 36.4 Å². The van der Waals surface area contributed by atoms with Crippen molar-refractivity contribution in [3.05, 3.63) is 21.4 Å². The molecule has 0 spiro atoms. The molecule has 1 saturated heterocycles. The molecule has 2 aliphatic rings. The standard InChI is InChI=1S/C19H26N4O4S/c1-3-5-23(27-4-2)18(24)13-7-16-15(21-17(20)8-13)9-14(28-16)6-12-10-22(11-12)19(25)26/h7,9,12H,3-6,8,10-11H2,1-2H3,(H2,20,21)(H,25,26). The molecule has 1 aromatic rings. The number of likely N-dealkylation sites (tertiary alicyclic amines) is 1. The Labute approximate surface area is 168 Å². The van der Waals surface area contributed by atoms with Gasteiger partial charge in [-0.25, -0.2) is 14.9 Å². The van der Waals surface area contributed by atoms with Crippen molar-refractivity contribution in [3.8, 4) is 0 Å². The fourth-order valence-corrected chi connectivity index (χ4v) is 4.54. The lowest BCUT2D eigenvalue weighted by atomic mass is 9.96. The molecule has 8 nitrogen and oxygen atoms in total. The third-order valence-corrected chi connectivity index (χ3v) is 5.76. The van der Waals surface area contributed by atoms with E-state index in [-0.39, 0.29) is 5.91 Å². The lowest BCUT2D eigenvalue weighted by Gasteiger charge is -2.36. The Morgan fingerprint density at radius 2 is 2.18 bits per heavy atom. The van der Waals surface area contributed by atoms with E-state index in [4.69, 9.17) is 15.7 Å². The molecule has 0 atom stereocenters. The number of hydrogen-bond acceptors (Lipinski definition) is 6. The van der Waals surface area contributed by atoms with E-state index in [9.17, 15) is 9.59 Å². The highest BCUT2D eigenvalue weighted by atomic mass is 32.1. The second kappa shape index (κ2) is 8.74. The van der Waals surface area contributed by atoms with E-state index in [0.717, 1.165) is 28.3 Å². The third kappa shape index (κ3) is 4.53. The van der Waals surface area contributed by atoms with E-state index < -0.39 is 6.09 Å². The van der Waals surface area contributed by atoms with Gasteiger partial charge in [-0.05, 0) is 37.8 Å². The first kappa shape index (κ1) is 20.3. The Morgan fingerprint density at radius 3 is 2.82 bits per heavy atom. The normalized spacial score (nSPS) is 16.6. The van der Waals surface area contributed by atoms with Gasteiger partial charge in [0.05, 0.1) is 17.2 Å². The topological polar surface area (TPSA) is 108 Å². The van der Waals surface area contributed by atoms with E-state index in [1.807, 2.05) is 26.0 Å². The molecular weight excluding hydrogens is 380 g/mol. The van der Waals surface area contributed by atoms with Crippen LogP contribution in [0.5, 0.6) is 0 Å². The van der Waals surface area contributed by atoms with E-state index >= 15 is 0 Å². The molecule has 3 heterocycles. The molecule has 1 aromatic heterocycles. The van der Waals surface area contributed by atoms with Crippen LogP contribution in [0.25, 0.3) is 6.08 Å². The van der Waals surface area contributed by atoms with Crippen LogP contribution in [0, 0.1) is 5.92 Å². The molecule has 0 unspecified atom stereocenters. The Balaban J connectivity index is 1.77. The van der Waals surface area contributed by atoms with Crippen molar-refractivity contribution in [2.24, 2.45) is 16.6 Å². The van der Waals surface area contributed by atoms with Gasteiger partial charge in [0.2, 0.25) is 0 Å². The Hall–Kier alpha value is -2.39. The molecule has 28 heavy (non-hydrogen) atoms. The minimum absolute atomic E-state index is 0.180. The van der Waals surface area contributed by atoms with Gasteiger partial charge < -0.3 is 15.7 Å². The van der Waals surface area contributed by atoms with Gasteiger partial charge in [0.25, 0.3) is 5.91 Å². The zero-order valence-electron chi connectivity index (χ0n) is 16.2. The summed E-state index contributed by atoms with van der Waals surface area (Å²) in [7, 11) is 0. The summed E-state index contributed by atoms with van der Waals surface area (Å²) in [5, 5.41) is 10.4. The van der Waals surface area contributed by atoms with Crippen molar-refractivity contribution in [1.82, 2.24) is 9.96 Å². The zero-order valence-corrected chi connectivity index (χ0v) is 17.0. The highest BCUT2D eigenvalue weighted by molar-refractivity contribution is 7.13. The number of amidine groups is 1. The number of hydroxylamine groups is 2. The number of amides is 2. The molecule has 1 fully saturated rings. The molecule has 152 valence electrons. The average Bonchev–Trinajstić information content (AvgIpc) is 2.89. The van der Waals surface area contributed by atoms with Gasteiger partial charge in [-0.2, -0.15) is 0 Å². The zero-order chi connectivity index (χ0) is 20.3. The van der Waals surface area contributed by atoms with Gasteiger partial charge in [0, 0.05) is 36.5 Å². The van der Waals surface area contributed by atoms with Crippen molar-refractivity contribution in [3.63, 3.8) is 0 Å². The number of thiophene rings is 1.